The first kappa shape index (κ1) is 17.8. The quantitative estimate of drug-likeness (QED) is 0.828. The molecular weight excluding hydrogens is 342 g/mol. The summed E-state index contributed by atoms with van der Waals surface area (Å²) >= 11 is 6.03. The molecule has 0 saturated heterocycles. The summed E-state index contributed by atoms with van der Waals surface area (Å²) in [6.07, 6.45) is 0. The van der Waals surface area contributed by atoms with Crippen molar-refractivity contribution in [2.75, 3.05) is 31.4 Å². The molecule has 2 aromatic rings. The first-order valence-electron chi connectivity index (χ1n) is 6.85. The largest absolute Gasteiger partial charge is 0.495 e. The summed E-state index contributed by atoms with van der Waals surface area (Å²) in [6, 6.07) is 5.90. The van der Waals surface area contributed by atoms with Crippen molar-refractivity contribution in [3.05, 3.63) is 47.0 Å². The molecule has 2 aromatic carbocycles. The van der Waals surface area contributed by atoms with Crippen LogP contribution >= 0.6 is 11.6 Å². The van der Waals surface area contributed by atoms with E-state index in [4.69, 9.17) is 21.1 Å². The van der Waals surface area contributed by atoms with Gasteiger partial charge in [-0.3, -0.25) is 4.79 Å². The van der Waals surface area contributed by atoms with E-state index in [9.17, 15) is 13.6 Å². The van der Waals surface area contributed by atoms with Gasteiger partial charge in [-0.15, -0.1) is 0 Å². The Balaban J connectivity index is 2.06. The van der Waals surface area contributed by atoms with Crippen molar-refractivity contribution in [2.24, 2.45) is 0 Å². The van der Waals surface area contributed by atoms with Gasteiger partial charge in [0.1, 0.15) is 23.1 Å². The molecule has 0 radical (unpaired) electrons. The molecule has 0 aliphatic heterocycles. The topological polar surface area (TPSA) is 59.6 Å². The van der Waals surface area contributed by atoms with Crippen molar-refractivity contribution >= 4 is 28.9 Å². The van der Waals surface area contributed by atoms with Crippen LogP contribution in [0.3, 0.4) is 0 Å². The summed E-state index contributed by atoms with van der Waals surface area (Å²) in [6.45, 7) is -0.199. The zero-order valence-corrected chi connectivity index (χ0v) is 13.7. The third-order valence-corrected chi connectivity index (χ3v) is 3.41. The Labute approximate surface area is 142 Å². The highest BCUT2D eigenvalue weighted by Crippen LogP contribution is 2.35. The smallest absolute Gasteiger partial charge is 0.243 e. The van der Waals surface area contributed by atoms with Crippen LogP contribution in [0.15, 0.2) is 30.3 Å². The number of halogens is 3. The second-order valence-corrected chi connectivity index (χ2v) is 5.12. The highest BCUT2D eigenvalue weighted by atomic mass is 35.5. The van der Waals surface area contributed by atoms with E-state index in [2.05, 4.69) is 10.6 Å². The molecule has 128 valence electrons. The predicted molar refractivity (Wildman–Crippen MR) is 88.0 cm³/mol. The summed E-state index contributed by atoms with van der Waals surface area (Å²) in [4.78, 5) is 11.9. The molecule has 0 fully saturated rings. The van der Waals surface area contributed by atoms with Crippen LogP contribution in [0, 0.1) is 11.6 Å². The maximum atomic E-state index is 13.5. The fraction of sp³-hybridized carbons (Fsp3) is 0.188. The van der Waals surface area contributed by atoms with Crippen LogP contribution in [0.2, 0.25) is 5.02 Å². The van der Waals surface area contributed by atoms with Crippen LogP contribution < -0.4 is 20.1 Å². The number of carbonyl (C=O) groups is 1. The first-order valence-corrected chi connectivity index (χ1v) is 7.22. The second-order valence-electron chi connectivity index (χ2n) is 4.71. The van der Waals surface area contributed by atoms with Gasteiger partial charge in [-0.2, -0.15) is 0 Å². The number of benzene rings is 2. The standard InChI is InChI=1S/C16H15ClF2N2O3/c1-23-14-7-15(24-2)13(6-10(14)17)20-8-16(22)21-12-5-9(18)3-4-11(12)19/h3-7,20H,8H2,1-2H3,(H,21,22). The van der Waals surface area contributed by atoms with E-state index in [0.717, 1.165) is 18.2 Å². The highest BCUT2D eigenvalue weighted by Gasteiger charge is 2.12. The second kappa shape index (κ2) is 7.83. The molecule has 1 amide bonds. The summed E-state index contributed by atoms with van der Waals surface area (Å²) in [5, 5.41) is 5.43. The number of hydrogen-bond donors (Lipinski definition) is 2. The van der Waals surface area contributed by atoms with E-state index in [1.807, 2.05) is 0 Å². The molecule has 0 aromatic heterocycles. The van der Waals surface area contributed by atoms with E-state index in [1.165, 1.54) is 20.3 Å². The maximum Gasteiger partial charge on any atom is 0.243 e. The summed E-state index contributed by atoms with van der Waals surface area (Å²) < 4.78 is 36.8. The van der Waals surface area contributed by atoms with Gasteiger partial charge in [0.25, 0.3) is 0 Å². The molecule has 0 heterocycles. The molecule has 0 bridgehead atoms. The Hall–Kier alpha value is -2.54. The van der Waals surface area contributed by atoms with E-state index >= 15 is 0 Å². The van der Waals surface area contributed by atoms with Gasteiger partial charge in [0.05, 0.1) is 37.2 Å². The average molecular weight is 357 g/mol. The predicted octanol–water partition coefficient (Wildman–Crippen LogP) is 3.69. The Morgan fingerprint density at radius 1 is 1.08 bits per heavy atom. The minimum atomic E-state index is -0.727. The van der Waals surface area contributed by atoms with Crippen LogP contribution in [-0.2, 0) is 4.79 Å². The lowest BCUT2D eigenvalue weighted by Gasteiger charge is -2.14. The van der Waals surface area contributed by atoms with Gasteiger partial charge in [0, 0.05) is 12.1 Å². The number of ether oxygens (including phenoxy) is 2. The number of rotatable bonds is 6. The Morgan fingerprint density at radius 3 is 2.46 bits per heavy atom. The van der Waals surface area contributed by atoms with Crippen molar-refractivity contribution < 1.29 is 23.0 Å². The van der Waals surface area contributed by atoms with Gasteiger partial charge >= 0.3 is 0 Å². The molecule has 2 rings (SSSR count). The average Bonchev–Trinajstić information content (AvgIpc) is 2.56. The maximum absolute atomic E-state index is 13.5. The van der Waals surface area contributed by atoms with E-state index < -0.39 is 17.5 Å². The van der Waals surface area contributed by atoms with Gasteiger partial charge in [-0.05, 0) is 18.2 Å². The Bertz CT molecular complexity index is 756. The Morgan fingerprint density at radius 2 is 1.79 bits per heavy atom. The van der Waals surface area contributed by atoms with Crippen LogP contribution in [0.25, 0.3) is 0 Å². The lowest BCUT2D eigenvalue weighted by atomic mass is 10.2. The number of anilines is 2. The molecule has 0 aliphatic carbocycles. The number of carbonyl (C=O) groups excluding carboxylic acids is 1. The third kappa shape index (κ3) is 4.26. The summed E-state index contributed by atoms with van der Waals surface area (Å²) in [7, 11) is 2.92. The monoisotopic (exact) mass is 356 g/mol. The molecular formula is C16H15ClF2N2O3. The number of hydrogen-bond acceptors (Lipinski definition) is 4. The fourth-order valence-corrected chi connectivity index (χ4v) is 2.20. The normalized spacial score (nSPS) is 10.2. The molecule has 24 heavy (non-hydrogen) atoms. The van der Waals surface area contributed by atoms with Gasteiger partial charge in [-0.1, -0.05) is 11.6 Å². The van der Waals surface area contributed by atoms with Crippen molar-refractivity contribution in [1.82, 2.24) is 0 Å². The number of amides is 1. The zero-order valence-electron chi connectivity index (χ0n) is 13.0. The van der Waals surface area contributed by atoms with Crippen molar-refractivity contribution in [1.29, 1.82) is 0 Å². The highest BCUT2D eigenvalue weighted by molar-refractivity contribution is 6.32. The van der Waals surface area contributed by atoms with Gasteiger partial charge < -0.3 is 20.1 Å². The van der Waals surface area contributed by atoms with E-state index in [1.54, 1.807) is 6.07 Å². The molecule has 0 aliphatic rings. The minimum absolute atomic E-state index is 0.199. The number of methoxy groups -OCH3 is 2. The molecule has 0 unspecified atom stereocenters. The van der Waals surface area contributed by atoms with Crippen molar-refractivity contribution in [2.45, 2.75) is 0 Å². The van der Waals surface area contributed by atoms with Crippen molar-refractivity contribution in [3.8, 4) is 11.5 Å². The van der Waals surface area contributed by atoms with Gasteiger partial charge in [-0.25, -0.2) is 8.78 Å². The molecule has 8 heteroatoms. The molecule has 0 spiro atoms. The van der Waals surface area contributed by atoms with E-state index in [-0.39, 0.29) is 12.2 Å². The SMILES string of the molecule is COc1cc(OC)c(NCC(=O)Nc2cc(F)ccc2F)cc1Cl. The lowest BCUT2D eigenvalue weighted by Crippen LogP contribution is -2.22. The van der Waals surface area contributed by atoms with Crippen LogP contribution in [-0.4, -0.2) is 26.7 Å². The number of nitrogens with one attached hydrogen (secondary N) is 2. The summed E-state index contributed by atoms with van der Waals surface area (Å²) in [5.74, 6) is -1.10. The minimum Gasteiger partial charge on any atom is -0.495 e. The van der Waals surface area contributed by atoms with Crippen molar-refractivity contribution in [3.63, 3.8) is 0 Å². The van der Waals surface area contributed by atoms with Gasteiger partial charge in [0.15, 0.2) is 0 Å². The summed E-state index contributed by atoms with van der Waals surface area (Å²) in [5.41, 5.74) is 0.222. The molecule has 0 atom stereocenters. The third-order valence-electron chi connectivity index (χ3n) is 3.12. The molecule has 2 N–H and O–H groups in total. The Kier molecular flexibility index (Phi) is 5.81. The molecule has 5 nitrogen and oxygen atoms in total. The zero-order chi connectivity index (χ0) is 17.7. The lowest BCUT2D eigenvalue weighted by molar-refractivity contribution is -0.114. The van der Waals surface area contributed by atoms with Crippen LogP contribution in [0.4, 0.5) is 20.2 Å². The first-order chi connectivity index (χ1) is 11.4. The molecule has 0 saturated carbocycles. The van der Waals surface area contributed by atoms with Gasteiger partial charge in [0.2, 0.25) is 5.91 Å². The van der Waals surface area contributed by atoms with Crippen LogP contribution in [0.1, 0.15) is 0 Å². The fourth-order valence-electron chi connectivity index (χ4n) is 1.96. The van der Waals surface area contributed by atoms with E-state index in [0.29, 0.717) is 22.2 Å². The van der Waals surface area contributed by atoms with Crippen LogP contribution in [0.5, 0.6) is 11.5 Å².